The van der Waals surface area contributed by atoms with Gasteiger partial charge in [-0.2, -0.15) is 0 Å². The van der Waals surface area contributed by atoms with Crippen LogP contribution in [-0.4, -0.2) is 23.9 Å². The summed E-state index contributed by atoms with van der Waals surface area (Å²) in [6.45, 7) is 2.37. The van der Waals surface area contributed by atoms with E-state index in [-0.39, 0.29) is 23.7 Å². The zero-order valence-corrected chi connectivity index (χ0v) is 15.6. The molecule has 2 unspecified atom stereocenters. The minimum atomic E-state index is -0.207. The molecule has 2 aromatic carbocycles. The lowest BCUT2D eigenvalue weighted by Crippen LogP contribution is -2.44. The lowest BCUT2D eigenvalue weighted by Gasteiger charge is -2.39. The summed E-state index contributed by atoms with van der Waals surface area (Å²) >= 11 is 0. The minimum absolute atomic E-state index is 0.0316. The second-order valence-electron chi connectivity index (χ2n) is 7.95. The van der Waals surface area contributed by atoms with Crippen LogP contribution in [0.1, 0.15) is 42.9 Å². The first kappa shape index (κ1) is 18.2. The van der Waals surface area contributed by atoms with Crippen molar-refractivity contribution in [3.05, 3.63) is 71.5 Å². The van der Waals surface area contributed by atoms with Crippen molar-refractivity contribution >= 4 is 5.91 Å². The summed E-state index contributed by atoms with van der Waals surface area (Å²) < 4.78 is 13.4. The average molecular weight is 366 g/mol. The van der Waals surface area contributed by atoms with Gasteiger partial charge in [0.05, 0.1) is 5.92 Å². The van der Waals surface area contributed by atoms with Crippen molar-refractivity contribution in [1.82, 2.24) is 10.2 Å². The number of nitrogens with zero attached hydrogens (tertiary/aromatic N) is 1. The first-order valence-corrected chi connectivity index (χ1v) is 10.00. The first-order valence-electron chi connectivity index (χ1n) is 10.00. The Hall–Kier alpha value is -2.20. The van der Waals surface area contributed by atoms with Gasteiger partial charge >= 0.3 is 0 Å². The Bertz CT molecular complexity index is 758. The number of carbonyl (C=O) groups is 1. The van der Waals surface area contributed by atoms with Gasteiger partial charge in [-0.3, -0.25) is 9.69 Å². The Labute approximate surface area is 160 Å². The maximum absolute atomic E-state index is 13.4. The molecule has 3 nitrogen and oxygen atoms in total. The van der Waals surface area contributed by atoms with Crippen molar-refractivity contribution in [2.45, 2.75) is 38.3 Å². The fourth-order valence-electron chi connectivity index (χ4n) is 4.02. The van der Waals surface area contributed by atoms with Crippen LogP contribution in [0.4, 0.5) is 4.39 Å². The van der Waals surface area contributed by atoms with Crippen molar-refractivity contribution in [3.63, 3.8) is 0 Å². The van der Waals surface area contributed by atoms with Gasteiger partial charge in [0.25, 0.3) is 0 Å². The summed E-state index contributed by atoms with van der Waals surface area (Å²) in [5.41, 5.74) is 2.37. The average Bonchev–Trinajstić information content (AvgIpc) is 3.52. The van der Waals surface area contributed by atoms with E-state index in [9.17, 15) is 9.18 Å². The predicted octanol–water partition coefficient (Wildman–Crippen LogP) is 4.31. The van der Waals surface area contributed by atoms with E-state index in [2.05, 4.69) is 22.3 Å². The van der Waals surface area contributed by atoms with E-state index >= 15 is 0 Å². The van der Waals surface area contributed by atoms with Crippen molar-refractivity contribution in [3.8, 4) is 0 Å². The van der Waals surface area contributed by atoms with Crippen LogP contribution in [0.5, 0.6) is 0 Å². The second-order valence-corrected chi connectivity index (χ2v) is 7.95. The van der Waals surface area contributed by atoms with Crippen molar-refractivity contribution in [2.75, 3.05) is 13.1 Å². The summed E-state index contributed by atoms with van der Waals surface area (Å²) in [5, 5.41) is 3.15. The van der Waals surface area contributed by atoms with Gasteiger partial charge in [-0.05, 0) is 54.9 Å². The quantitative estimate of drug-likeness (QED) is 0.826. The van der Waals surface area contributed by atoms with Crippen molar-refractivity contribution in [1.29, 1.82) is 0 Å². The molecule has 1 heterocycles. The zero-order valence-electron chi connectivity index (χ0n) is 15.6. The molecule has 2 aromatic rings. The topological polar surface area (TPSA) is 32.3 Å². The first-order chi connectivity index (χ1) is 13.2. The Kier molecular flexibility index (Phi) is 5.53. The molecule has 1 amide bonds. The van der Waals surface area contributed by atoms with E-state index in [1.807, 2.05) is 30.3 Å². The van der Waals surface area contributed by atoms with E-state index < -0.39 is 0 Å². The maximum Gasteiger partial charge on any atom is 0.224 e. The number of carbonyl (C=O) groups excluding carboxylic acids is 1. The lowest BCUT2D eigenvalue weighted by atomic mass is 9.88. The smallest absolute Gasteiger partial charge is 0.224 e. The molecule has 1 aliphatic carbocycles. The summed E-state index contributed by atoms with van der Waals surface area (Å²) in [7, 11) is 0. The Balaban J connectivity index is 1.48. The van der Waals surface area contributed by atoms with Crippen LogP contribution >= 0.6 is 0 Å². The lowest BCUT2D eigenvalue weighted by molar-refractivity contribution is -0.127. The van der Waals surface area contributed by atoms with E-state index in [0.29, 0.717) is 5.92 Å². The molecule has 0 spiro atoms. The normalized spacial score (nSPS) is 23.1. The van der Waals surface area contributed by atoms with Gasteiger partial charge in [-0.25, -0.2) is 4.39 Å². The van der Waals surface area contributed by atoms with E-state index in [0.717, 1.165) is 38.0 Å². The zero-order chi connectivity index (χ0) is 18.6. The third kappa shape index (κ3) is 4.75. The molecule has 142 valence electrons. The van der Waals surface area contributed by atoms with Gasteiger partial charge in [-0.15, -0.1) is 0 Å². The van der Waals surface area contributed by atoms with Crippen LogP contribution in [0.25, 0.3) is 0 Å². The number of hydrogen-bond donors (Lipinski definition) is 1. The van der Waals surface area contributed by atoms with Crippen LogP contribution in [-0.2, 0) is 11.3 Å². The number of hydrogen-bond acceptors (Lipinski definition) is 2. The molecule has 0 bridgehead atoms. The Morgan fingerprint density at radius 3 is 2.44 bits per heavy atom. The summed E-state index contributed by atoms with van der Waals surface area (Å²) in [6, 6.07) is 17.4. The molecule has 2 fully saturated rings. The van der Waals surface area contributed by atoms with Crippen molar-refractivity contribution in [2.24, 2.45) is 11.8 Å². The number of rotatable bonds is 6. The number of piperidine rings is 1. The molecule has 1 saturated heterocycles. The SMILES string of the molecule is O=C(NCC1CC1)C1CCC(c2ccc(F)cc2)N(Cc2ccccc2)C1. The molecule has 1 saturated carbocycles. The third-order valence-corrected chi connectivity index (χ3v) is 5.80. The Morgan fingerprint density at radius 1 is 1.00 bits per heavy atom. The summed E-state index contributed by atoms with van der Waals surface area (Å²) in [4.78, 5) is 15.0. The highest BCUT2D eigenvalue weighted by Gasteiger charge is 2.33. The maximum atomic E-state index is 13.4. The molecule has 4 rings (SSSR count). The minimum Gasteiger partial charge on any atom is -0.356 e. The second kappa shape index (κ2) is 8.22. The highest BCUT2D eigenvalue weighted by atomic mass is 19.1. The summed E-state index contributed by atoms with van der Waals surface area (Å²) in [5.74, 6) is 0.716. The van der Waals surface area contributed by atoms with E-state index in [1.54, 1.807) is 0 Å². The highest BCUT2D eigenvalue weighted by molar-refractivity contribution is 5.79. The van der Waals surface area contributed by atoms with Gasteiger partial charge in [0.2, 0.25) is 5.91 Å². The largest absolute Gasteiger partial charge is 0.356 e. The fraction of sp³-hybridized carbons (Fsp3) is 0.435. The predicted molar refractivity (Wildman–Crippen MR) is 104 cm³/mol. The molecule has 27 heavy (non-hydrogen) atoms. The molecular formula is C23H27FN2O. The highest BCUT2D eigenvalue weighted by Crippen LogP contribution is 2.35. The summed E-state index contributed by atoms with van der Waals surface area (Å²) in [6.07, 6.45) is 4.29. The van der Waals surface area contributed by atoms with Gasteiger partial charge in [0.15, 0.2) is 0 Å². The van der Waals surface area contributed by atoms with Crippen LogP contribution < -0.4 is 5.32 Å². The number of amides is 1. The molecule has 1 N–H and O–H groups in total. The van der Waals surface area contributed by atoms with Gasteiger partial charge in [0, 0.05) is 25.7 Å². The number of likely N-dealkylation sites (tertiary alicyclic amines) is 1. The molecule has 2 aliphatic rings. The third-order valence-electron chi connectivity index (χ3n) is 5.80. The number of halogens is 1. The monoisotopic (exact) mass is 366 g/mol. The van der Waals surface area contributed by atoms with Crippen LogP contribution in [0.3, 0.4) is 0 Å². The number of benzene rings is 2. The Morgan fingerprint density at radius 2 is 1.74 bits per heavy atom. The molecular weight excluding hydrogens is 339 g/mol. The van der Waals surface area contributed by atoms with Gasteiger partial charge in [-0.1, -0.05) is 42.5 Å². The molecule has 0 radical (unpaired) electrons. The standard InChI is InChI=1S/C23H27FN2O/c24-21-11-8-19(9-12-21)22-13-10-20(23(27)25-14-17-6-7-17)16-26(22)15-18-4-2-1-3-5-18/h1-5,8-9,11-12,17,20,22H,6-7,10,13-16H2,(H,25,27). The fourth-order valence-corrected chi connectivity index (χ4v) is 4.02. The van der Waals surface area contributed by atoms with Crippen LogP contribution in [0.2, 0.25) is 0 Å². The number of nitrogens with one attached hydrogen (secondary N) is 1. The van der Waals surface area contributed by atoms with Crippen LogP contribution in [0, 0.1) is 17.7 Å². The van der Waals surface area contributed by atoms with E-state index in [1.165, 1.54) is 30.5 Å². The van der Waals surface area contributed by atoms with Gasteiger partial charge in [0.1, 0.15) is 5.82 Å². The van der Waals surface area contributed by atoms with Crippen LogP contribution in [0.15, 0.2) is 54.6 Å². The van der Waals surface area contributed by atoms with Crippen molar-refractivity contribution < 1.29 is 9.18 Å². The molecule has 4 heteroatoms. The van der Waals surface area contributed by atoms with E-state index in [4.69, 9.17) is 0 Å². The molecule has 1 aliphatic heterocycles. The molecule has 0 aromatic heterocycles. The van der Waals surface area contributed by atoms with Gasteiger partial charge < -0.3 is 5.32 Å². The molecule has 2 atom stereocenters.